The van der Waals surface area contributed by atoms with E-state index in [1.54, 1.807) is 0 Å². The molecular formula is C25H53NO5. The van der Waals surface area contributed by atoms with E-state index >= 15 is 0 Å². The minimum absolute atomic E-state index is 0.0670. The highest BCUT2D eigenvalue weighted by Crippen LogP contribution is 2.13. The maximum Gasteiger partial charge on any atom is 0.223 e. The number of hydrogen-bond acceptors (Lipinski definition) is 5. The molecule has 0 saturated heterocycles. The molecule has 2 atom stereocenters. The van der Waals surface area contributed by atoms with Crippen molar-refractivity contribution in [2.45, 2.75) is 93.7 Å². The van der Waals surface area contributed by atoms with Crippen LogP contribution in [0.3, 0.4) is 0 Å². The van der Waals surface area contributed by atoms with Crippen molar-refractivity contribution in [2.75, 3.05) is 46.2 Å². The van der Waals surface area contributed by atoms with E-state index in [1.165, 1.54) is 0 Å². The largest absolute Gasteiger partial charge is 0.379 e. The molecular weight excluding hydrogens is 394 g/mol. The number of carbonyl (C=O) groups excluding carboxylic acids is 1. The summed E-state index contributed by atoms with van der Waals surface area (Å²) in [7, 11) is 0. The van der Waals surface area contributed by atoms with Gasteiger partial charge in [0.1, 0.15) is 5.54 Å². The highest BCUT2D eigenvalue weighted by molar-refractivity contribution is 5.77. The normalized spacial score (nSPS) is 13.7. The molecule has 0 radical (unpaired) electrons. The van der Waals surface area contributed by atoms with Gasteiger partial charge in [0.05, 0.1) is 32.3 Å². The van der Waals surface area contributed by atoms with Gasteiger partial charge >= 0.3 is 0 Å². The third-order valence-electron chi connectivity index (χ3n) is 4.48. The topological polar surface area (TPSA) is 66.0 Å². The number of amides is 1. The van der Waals surface area contributed by atoms with Crippen LogP contribution in [0, 0.1) is 17.8 Å². The number of carbonyl (C=O) groups is 1. The Hall–Kier alpha value is -0.690. The van der Waals surface area contributed by atoms with E-state index < -0.39 is 5.54 Å². The first kappa shape index (κ1) is 32.5. The van der Waals surface area contributed by atoms with E-state index in [0.29, 0.717) is 70.4 Å². The molecule has 0 aromatic carbocycles. The molecule has 0 spiro atoms. The summed E-state index contributed by atoms with van der Waals surface area (Å²) in [5, 5.41) is 3.15. The van der Waals surface area contributed by atoms with Crippen LogP contribution in [0.4, 0.5) is 0 Å². The van der Waals surface area contributed by atoms with E-state index in [0.717, 1.165) is 6.42 Å². The average molecular weight is 448 g/mol. The predicted octanol–water partition coefficient (Wildman–Crippen LogP) is 5.09. The zero-order valence-electron chi connectivity index (χ0n) is 22.2. The van der Waals surface area contributed by atoms with Crippen molar-refractivity contribution >= 4 is 5.91 Å². The predicted molar refractivity (Wildman–Crippen MR) is 130 cm³/mol. The minimum atomic E-state index is -0.701. The van der Waals surface area contributed by atoms with Gasteiger partial charge in [0, 0.05) is 26.4 Å². The summed E-state index contributed by atoms with van der Waals surface area (Å²) in [5.41, 5.74) is -0.701. The fraction of sp³-hybridized carbons (Fsp3) is 0.960. The van der Waals surface area contributed by atoms with Crippen molar-refractivity contribution in [3.05, 3.63) is 0 Å². The highest BCUT2D eigenvalue weighted by atomic mass is 16.5. The van der Waals surface area contributed by atoms with Gasteiger partial charge in [0.25, 0.3) is 0 Å². The summed E-state index contributed by atoms with van der Waals surface area (Å²) >= 11 is 0. The van der Waals surface area contributed by atoms with E-state index in [1.807, 2.05) is 27.7 Å². The van der Waals surface area contributed by atoms with Crippen molar-refractivity contribution in [1.29, 1.82) is 0 Å². The van der Waals surface area contributed by atoms with Gasteiger partial charge in [-0.3, -0.25) is 4.79 Å². The van der Waals surface area contributed by atoms with Crippen molar-refractivity contribution < 1.29 is 23.7 Å². The van der Waals surface area contributed by atoms with Crippen molar-refractivity contribution in [2.24, 2.45) is 17.8 Å². The van der Waals surface area contributed by atoms with Crippen LogP contribution in [0.1, 0.15) is 82.1 Å². The Labute approximate surface area is 193 Å². The Kier molecular flexibility index (Phi) is 20.9. The highest BCUT2D eigenvalue weighted by Gasteiger charge is 2.34. The van der Waals surface area contributed by atoms with Crippen molar-refractivity contribution in [3.8, 4) is 0 Å². The fourth-order valence-electron chi connectivity index (χ4n) is 2.62. The standard InChI is InChI=1S/C23H47NO5.C2H6/c1-9-20(7)14-29-21(8)11-22(25)24-23(15-26-10-2,16-27-12-18(3)4)17-28-13-19(5)6;1-2/h18-21H,9-17H2,1-8H3,(H,24,25);1-2H3. The van der Waals surface area contributed by atoms with Crippen molar-refractivity contribution in [1.82, 2.24) is 5.32 Å². The van der Waals surface area contributed by atoms with Gasteiger partial charge in [-0.2, -0.15) is 0 Å². The molecule has 0 rings (SSSR count). The molecule has 0 aromatic heterocycles. The van der Waals surface area contributed by atoms with Crippen LogP contribution in [-0.2, 0) is 23.7 Å². The minimum Gasteiger partial charge on any atom is -0.379 e. The Bertz CT molecular complexity index is 401. The molecule has 0 heterocycles. The molecule has 31 heavy (non-hydrogen) atoms. The molecule has 0 fully saturated rings. The lowest BCUT2D eigenvalue weighted by molar-refractivity contribution is -0.130. The summed E-state index contributed by atoms with van der Waals surface area (Å²) in [6.07, 6.45) is 1.23. The maximum atomic E-state index is 12.8. The lowest BCUT2D eigenvalue weighted by Gasteiger charge is -2.35. The molecule has 6 nitrogen and oxygen atoms in total. The SMILES string of the molecule is CC.CCOCC(COCC(C)C)(COCC(C)C)NC(=O)CC(C)OCC(C)CC. The summed E-state index contributed by atoms with van der Waals surface area (Å²) < 4.78 is 23.4. The summed E-state index contributed by atoms with van der Waals surface area (Å²) in [6.45, 7) is 24.2. The summed E-state index contributed by atoms with van der Waals surface area (Å²) in [6, 6.07) is 0. The Morgan fingerprint density at radius 3 is 1.71 bits per heavy atom. The number of hydrogen-bond donors (Lipinski definition) is 1. The first-order chi connectivity index (χ1) is 14.6. The molecule has 188 valence electrons. The van der Waals surface area contributed by atoms with Crippen LogP contribution in [0.25, 0.3) is 0 Å². The average Bonchev–Trinajstić information content (AvgIpc) is 2.71. The lowest BCUT2D eigenvalue weighted by Crippen LogP contribution is -2.59. The van der Waals surface area contributed by atoms with Crippen LogP contribution in [0.5, 0.6) is 0 Å². The Morgan fingerprint density at radius 1 is 0.806 bits per heavy atom. The molecule has 0 aromatic rings. The van der Waals surface area contributed by atoms with Crippen LogP contribution in [0.15, 0.2) is 0 Å². The molecule has 1 N–H and O–H groups in total. The number of ether oxygens (including phenoxy) is 4. The first-order valence-corrected chi connectivity index (χ1v) is 12.3. The van der Waals surface area contributed by atoms with Crippen LogP contribution in [-0.4, -0.2) is 63.8 Å². The lowest BCUT2D eigenvalue weighted by atomic mass is 10.0. The van der Waals surface area contributed by atoms with Gasteiger partial charge in [-0.1, -0.05) is 61.8 Å². The molecule has 0 aliphatic heterocycles. The molecule has 1 amide bonds. The van der Waals surface area contributed by atoms with E-state index in [4.69, 9.17) is 18.9 Å². The van der Waals surface area contributed by atoms with Gasteiger partial charge in [-0.25, -0.2) is 0 Å². The third kappa shape index (κ3) is 18.6. The van der Waals surface area contributed by atoms with E-state index in [-0.39, 0.29) is 12.0 Å². The zero-order valence-corrected chi connectivity index (χ0v) is 22.2. The fourth-order valence-corrected chi connectivity index (χ4v) is 2.62. The van der Waals surface area contributed by atoms with Gasteiger partial charge in [-0.05, 0) is 31.6 Å². The molecule has 0 aliphatic rings. The Morgan fingerprint density at radius 2 is 1.29 bits per heavy atom. The van der Waals surface area contributed by atoms with Gasteiger partial charge < -0.3 is 24.3 Å². The van der Waals surface area contributed by atoms with Crippen molar-refractivity contribution in [3.63, 3.8) is 0 Å². The molecule has 6 heteroatoms. The van der Waals surface area contributed by atoms with Crippen LogP contribution >= 0.6 is 0 Å². The van der Waals surface area contributed by atoms with Gasteiger partial charge in [0.15, 0.2) is 0 Å². The Balaban J connectivity index is 0. The van der Waals surface area contributed by atoms with E-state index in [9.17, 15) is 4.79 Å². The monoisotopic (exact) mass is 447 g/mol. The second kappa shape index (κ2) is 20.0. The van der Waals surface area contributed by atoms with Crippen LogP contribution < -0.4 is 5.32 Å². The molecule has 0 saturated carbocycles. The van der Waals surface area contributed by atoms with Crippen LogP contribution in [0.2, 0.25) is 0 Å². The van der Waals surface area contributed by atoms with Gasteiger partial charge in [-0.15, -0.1) is 0 Å². The maximum absolute atomic E-state index is 12.8. The smallest absolute Gasteiger partial charge is 0.223 e. The quantitative estimate of drug-likeness (QED) is 0.317. The third-order valence-corrected chi connectivity index (χ3v) is 4.48. The molecule has 2 unspecified atom stereocenters. The van der Waals surface area contributed by atoms with E-state index in [2.05, 4.69) is 46.9 Å². The summed E-state index contributed by atoms with van der Waals surface area (Å²) in [4.78, 5) is 12.8. The first-order valence-electron chi connectivity index (χ1n) is 12.3. The second-order valence-corrected chi connectivity index (χ2v) is 9.15. The number of nitrogens with one attached hydrogen (secondary N) is 1. The number of rotatable bonds is 18. The zero-order chi connectivity index (χ0) is 24.3. The molecule has 0 aliphatic carbocycles. The van der Waals surface area contributed by atoms with Gasteiger partial charge in [0.2, 0.25) is 5.91 Å². The summed E-state index contributed by atoms with van der Waals surface area (Å²) in [5.74, 6) is 1.26. The second-order valence-electron chi connectivity index (χ2n) is 9.15. The molecule has 0 bridgehead atoms.